The summed E-state index contributed by atoms with van der Waals surface area (Å²) in [5.74, 6) is -0.390. The first-order valence-corrected chi connectivity index (χ1v) is 9.14. The maximum atomic E-state index is 12.9. The van der Waals surface area contributed by atoms with Gasteiger partial charge >= 0.3 is 5.97 Å². The summed E-state index contributed by atoms with van der Waals surface area (Å²) in [7, 11) is 0.743. The van der Waals surface area contributed by atoms with Crippen LogP contribution < -0.4 is 10.1 Å². The molecule has 1 unspecified atom stereocenters. The number of thiophene rings is 1. The Balaban J connectivity index is 0.00000264. The summed E-state index contributed by atoms with van der Waals surface area (Å²) in [6.07, 6.45) is 1.64. The molecule has 1 aliphatic heterocycles. The van der Waals surface area contributed by atoms with Crippen molar-refractivity contribution in [3.05, 3.63) is 10.9 Å². The smallest absolute Gasteiger partial charge is 0.348 e. The molecule has 0 aromatic carbocycles. The number of rotatable bonds is 6. The van der Waals surface area contributed by atoms with Crippen LogP contribution in [0.4, 0.5) is 0 Å². The molecule has 1 N–H and O–H groups in total. The predicted octanol–water partition coefficient (Wildman–Crippen LogP) is 1.34. The maximum Gasteiger partial charge on any atom is 0.348 e. The molecule has 1 atom stereocenters. The highest BCUT2D eigenvalue weighted by atomic mass is 35.5. The molecule has 0 radical (unpaired) electrons. The molecule has 0 bridgehead atoms. The number of carbonyl (C=O) groups is 1. The van der Waals surface area contributed by atoms with Crippen molar-refractivity contribution in [2.75, 3.05) is 34.4 Å². The van der Waals surface area contributed by atoms with Crippen LogP contribution in [-0.4, -0.2) is 59.1 Å². The number of nitrogens with zero attached hydrogens (tertiary/aromatic N) is 1. The Morgan fingerprint density at radius 1 is 1.48 bits per heavy atom. The van der Waals surface area contributed by atoms with Crippen LogP contribution in [0.3, 0.4) is 0 Å². The molecule has 0 saturated carbocycles. The van der Waals surface area contributed by atoms with E-state index in [0.29, 0.717) is 13.1 Å². The second-order valence-corrected chi connectivity index (χ2v) is 8.07. The van der Waals surface area contributed by atoms with Gasteiger partial charge in [0.15, 0.2) is 9.96 Å². The van der Waals surface area contributed by atoms with Gasteiger partial charge < -0.3 is 14.8 Å². The Labute approximate surface area is 146 Å². The van der Waals surface area contributed by atoms with Gasteiger partial charge in [0.25, 0.3) is 10.0 Å². The van der Waals surface area contributed by atoms with Gasteiger partial charge in [-0.3, -0.25) is 0 Å². The molecule has 0 amide bonds. The minimum atomic E-state index is -3.69. The lowest BCUT2D eigenvalue weighted by molar-refractivity contribution is 0.0606. The highest BCUT2D eigenvalue weighted by Crippen LogP contribution is 2.38. The van der Waals surface area contributed by atoms with Crippen molar-refractivity contribution >= 4 is 39.7 Å². The number of esters is 1. The van der Waals surface area contributed by atoms with Crippen molar-refractivity contribution in [1.82, 2.24) is 9.62 Å². The average molecular weight is 385 g/mol. The fourth-order valence-corrected chi connectivity index (χ4v) is 5.86. The van der Waals surface area contributed by atoms with Crippen molar-refractivity contribution in [2.24, 2.45) is 0 Å². The lowest BCUT2D eigenvalue weighted by Crippen LogP contribution is -2.40. The standard InChI is InChI=1S/C13H20N2O5S2.ClH/c1-14-8-9-5-4-6-15(9)22(17,18)13-10(19-2)7-11(21-13)12(16)20-3;/h7,9,14H,4-6,8H2,1-3H3;1H. The van der Waals surface area contributed by atoms with E-state index in [9.17, 15) is 13.2 Å². The van der Waals surface area contributed by atoms with Gasteiger partial charge in [0.1, 0.15) is 4.88 Å². The van der Waals surface area contributed by atoms with Crippen LogP contribution >= 0.6 is 23.7 Å². The summed E-state index contributed by atoms with van der Waals surface area (Å²) in [4.78, 5) is 11.8. The first kappa shape index (κ1) is 20.2. The summed E-state index contributed by atoms with van der Waals surface area (Å²) in [6, 6.07) is 1.33. The van der Waals surface area contributed by atoms with Gasteiger partial charge in [-0.2, -0.15) is 4.31 Å². The van der Waals surface area contributed by atoms with Crippen molar-refractivity contribution in [2.45, 2.75) is 23.1 Å². The van der Waals surface area contributed by atoms with Crippen molar-refractivity contribution in [3.8, 4) is 5.75 Å². The zero-order valence-corrected chi connectivity index (χ0v) is 15.6. The van der Waals surface area contributed by atoms with Crippen LogP contribution in [0.1, 0.15) is 22.5 Å². The van der Waals surface area contributed by atoms with Crippen molar-refractivity contribution in [3.63, 3.8) is 0 Å². The molecule has 7 nitrogen and oxygen atoms in total. The molecule has 2 rings (SSSR count). The molecule has 0 aliphatic carbocycles. The molecule has 1 aromatic heterocycles. The zero-order chi connectivity index (χ0) is 16.3. The van der Waals surface area contributed by atoms with Crippen LogP contribution in [-0.2, 0) is 14.8 Å². The molecule has 2 heterocycles. The van der Waals surface area contributed by atoms with E-state index in [2.05, 4.69) is 10.1 Å². The summed E-state index contributed by atoms with van der Waals surface area (Å²) in [5, 5.41) is 3.02. The molecule has 0 spiro atoms. The number of methoxy groups -OCH3 is 2. The van der Waals surface area contributed by atoms with E-state index >= 15 is 0 Å². The van der Waals surface area contributed by atoms with Crippen molar-refractivity contribution in [1.29, 1.82) is 0 Å². The SMILES string of the molecule is CNCC1CCCN1S(=O)(=O)c1sc(C(=O)OC)cc1OC.Cl. The molecular formula is C13H21ClN2O5S2. The van der Waals surface area contributed by atoms with Gasteiger partial charge in [-0.1, -0.05) is 0 Å². The summed E-state index contributed by atoms with van der Waals surface area (Å²) in [6.45, 7) is 1.07. The zero-order valence-electron chi connectivity index (χ0n) is 13.2. The Hall–Kier alpha value is -0.870. The molecule has 1 aliphatic rings. The van der Waals surface area contributed by atoms with Gasteiger partial charge in [-0.25, -0.2) is 13.2 Å². The minimum Gasteiger partial charge on any atom is -0.494 e. The van der Waals surface area contributed by atoms with E-state index in [1.54, 1.807) is 7.05 Å². The summed E-state index contributed by atoms with van der Waals surface area (Å²) >= 11 is 0.881. The van der Waals surface area contributed by atoms with Gasteiger partial charge in [-0.05, 0) is 19.9 Å². The molecule has 23 heavy (non-hydrogen) atoms. The summed E-state index contributed by atoms with van der Waals surface area (Å²) in [5.41, 5.74) is 0. The second-order valence-electron chi connectivity index (χ2n) is 4.93. The Bertz CT molecular complexity index is 647. The fourth-order valence-electron chi connectivity index (χ4n) is 2.55. The van der Waals surface area contributed by atoms with Crippen LogP contribution in [0.2, 0.25) is 0 Å². The van der Waals surface area contributed by atoms with E-state index in [4.69, 9.17) is 4.74 Å². The minimum absolute atomic E-state index is 0. The summed E-state index contributed by atoms with van der Waals surface area (Å²) < 4.78 is 37.1. The number of likely N-dealkylation sites (N-methyl/N-ethyl adjacent to an activating group) is 1. The lowest BCUT2D eigenvalue weighted by atomic mass is 10.2. The molecule has 1 aromatic rings. The third-order valence-electron chi connectivity index (χ3n) is 3.58. The highest BCUT2D eigenvalue weighted by Gasteiger charge is 2.38. The van der Waals surface area contributed by atoms with Crippen molar-refractivity contribution < 1.29 is 22.7 Å². The largest absolute Gasteiger partial charge is 0.494 e. The topological polar surface area (TPSA) is 84.9 Å². The Kier molecular flexibility index (Phi) is 7.28. The third-order valence-corrected chi connectivity index (χ3v) is 7.12. The molecule has 10 heteroatoms. The van der Waals surface area contributed by atoms with Crippen LogP contribution in [0, 0.1) is 0 Å². The Morgan fingerprint density at radius 3 is 2.74 bits per heavy atom. The number of sulfonamides is 1. The van der Waals surface area contributed by atoms with E-state index < -0.39 is 16.0 Å². The average Bonchev–Trinajstić information content (AvgIpc) is 3.13. The maximum absolute atomic E-state index is 12.9. The van der Waals surface area contributed by atoms with E-state index in [-0.39, 0.29) is 33.3 Å². The normalized spacial score (nSPS) is 18.5. The predicted molar refractivity (Wildman–Crippen MR) is 90.3 cm³/mol. The van der Waals surface area contributed by atoms with Gasteiger partial charge in [0, 0.05) is 25.2 Å². The van der Waals surface area contributed by atoms with E-state index in [1.807, 2.05) is 0 Å². The quantitative estimate of drug-likeness (QED) is 0.745. The number of carbonyl (C=O) groups excluding carboxylic acids is 1. The molecule has 132 valence electrons. The lowest BCUT2D eigenvalue weighted by Gasteiger charge is -2.23. The van der Waals surface area contributed by atoms with E-state index in [1.165, 1.54) is 24.6 Å². The second kappa shape index (κ2) is 8.29. The monoisotopic (exact) mass is 384 g/mol. The molecular weight excluding hydrogens is 364 g/mol. The van der Waals surface area contributed by atoms with Gasteiger partial charge in [0.2, 0.25) is 0 Å². The van der Waals surface area contributed by atoms with E-state index in [0.717, 1.165) is 24.2 Å². The van der Waals surface area contributed by atoms with Gasteiger partial charge in [-0.15, -0.1) is 23.7 Å². The number of hydrogen-bond acceptors (Lipinski definition) is 7. The number of hydrogen-bond donors (Lipinski definition) is 1. The van der Waals surface area contributed by atoms with Crippen LogP contribution in [0.15, 0.2) is 10.3 Å². The Morgan fingerprint density at radius 2 is 2.17 bits per heavy atom. The number of halogens is 1. The first-order valence-electron chi connectivity index (χ1n) is 6.88. The van der Waals surface area contributed by atoms with Crippen LogP contribution in [0.25, 0.3) is 0 Å². The third kappa shape index (κ3) is 3.97. The molecule has 1 fully saturated rings. The fraction of sp³-hybridized carbons (Fsp3) is 0.615. The number of ether oxygens (including phenoxy) is 2. The van der Waals surface area contributed by atoms with Gasteiger partial charge in [0.05, 0.1) is 14.2 Å². The first-order chi connectivity index (χ1) is 10.5. The molecule has 1 saturated heterocycles. The van der Waals surface area contributed by atoms with Crippen LogP contribution in [0.5, 0.6) is 5.75 Å². The highest BCUT2D eigenvalue weighted by molar-refractivity contribution is 7.91. The number of nitrogens with one attached hydrogen (secondary N) is 1.